The average molecular weight is 384 g/mol. The van der Waals surface area contributed by atoms with E-state index in [0.717, 1.165) is 30.8 Å². The van der Waals surface area contributed by atoms with Gasteiger partial charge in [-0.15, -0.1) is 11.6 Å². The summed E-state index contributed by atoms with van der Waals surface area (Å²) in [7, 11) is 0. The fourth-order valence-corrected chi connectivity index (χ4v) is 7.19. The maximum absolute atomic E-state index is 11.1. The van der Waals surface area contributed by atoms with Crippen LogP contribution < -0.4 is 10.6 Å². The number of fused-ring (bicyclic) bond motifs is 2. The lowest BCUT2D eigenvalue weighted by atomic mass is 9.60. The average Bonchev–Trinajstić information content (AvgIpc) is 2.59. The van der Waals surface area contributed by atoms with Crippen molar-refractivity contribution >= 4 is 11.6 Å². The Morgan fingerprint density at radius 1 is 1.00 bits per heavy atom. The van der Waals surface area contributed by atoms with Crippen molar-refractivity contribution in [3.8, 4) is 0 Å². The summed E-state index contributed by atoms with van der Waals surface area (Å²) in [6.45, 7) is 5.83. The fourth-order valence-electron chi connectivity index (χ4n) is 6.94. The first-order valence-electron chi connectivity index (χ1n) is 11.3. The Labute approximate surface area is 165 Å². The van der Waals surface area contributed by atoms with Crippen molar-refractivity contribution in [1.82, 2.24) is 5.32 Å². The van der Waals surface area contributed by atoms with Gasteiger partial charge in [0.15, 0.2) is 0 Å². The number of hydrogen-bond donors (Lipinski definition) is 3. The number of halogens is 1. The largest absolute Gasteiger partial charge is 0.393 e. The van der Waals surface area contributed by atoms with Crippen LogP contribution >= 0.6 is 11.6 Å². The minimum atomic E-state index is -0.140. The van der Waals surface area contributed by atoms with Gasteiger partial charge in [0.2, 0.25) is 0 Å². The van der Waals surface area contributed by atoms with E-state index in [1.807, 2.05) is 0 Å². The van der Waals surface area contributed by atoms with E-state index in [1.54, 1.807) is 0 Å². The Bertz CT molecular complexity index is 477. The number of quaternary nitrogens is 1. The number of nitrogens with two attached hydrogens (primary N) is 1. The Kier molecular flexibility index (Phi) is 5.91. The molecule has 1 aliphatic heterocycles. The molecule has 4 N–H and O–H groups in total. The minimum Gasteiger partial charge on any atom is -0.393 e. The van der Waals surface area contributed by atoms with E-state index in [2.05, 4.69) is 24.5 Å². The molecule has 1 saturated heterocycles. The van der Waals surface area contributed by atoms with Crippen LogP contribution in [0.3, 0.4) is 0 Å². The van der Waals surface area contributed by atoms with Crippen LogP contribution in [0, 0.1) is 23.2 Å². The molecule has 0 spiro atoms. The highest BCUT2D eigenvalue weighted by molar-refractivity contribution is 6.20. The third-order valence-corrected chi connectivity index (χ3v) is 8.59. The zero-order valence-electron chi connectivity index (χ0n) is 16.8. The van der Waals surface area contributed by atoms with Crippen LogP contribution in [0.25, 0.3) is 0 Å². The minimum absolute atomic E-state index is 0.140. The van der Waals surface area contributed by atoms with E-state index in [0.29, 0.717) is 23.4 Å². The molecule has 4 heteroatoms. The number of hydrogen-bond acceptors (Lipinski definition) is 2. The van der Waals surface area contributed by atoms with Gasteiger partial charge in [-0.3, -0.25) is 0 Å². The van der Waals surface area contributed by atoms with Crippen LogP contribution in [-0.4, -0.2) is 41.3 Å². The van der Waals surface area contributed by atoms with Gasteiger partial charge in [0.05, 0.1) is 24.1 Å². The molecular formula is C22H40ClN2O+. The molecule has 4 fully saturated rings. The number of aliphatic hydroxyl groups excluding tert-OH is 1. The maximum atomic E-state index is 11.1. The molecule has 0 aromatic rings. The van der Waals surface area contributed by atoms with Crippen molar-refractivity contribution in [2.24, 2.45) is 23.2 Å². The topological polar surface area (TPSA) is 48.9 Å². The third kappa shape index (κ3) is 4.11. The van der Waals surface area contributed by atoms with Gasteiger partial charge in [-0.05, 0) is 69.2 Å². The molecule has 6 atom stereocenters. The lowest BCUT2D eigenvalue weighted by Gasteiger charge is -2.54. The summed E-state index contributed by atoms with van der Waals surface area (Å²) in [6.07, 6.45) is 12.5. The van der Waals surface area contributed by atoms with Gasteiger partial charge < -0.3 is 15.7 Å². The Hall–Kier alpha value is 0.170. The first-order valence-corrected chi connectivity index (χ1v) is 11.8. The molecule has 0 amide bonds. The predicted molar refractivity (Wildman–Crippen MR) is 107 cm³/mol. The molecule has 3 nitrogen and oxygen atoms in total. The smallest absolute Gasteiger partial charge is 0.0935 e. The first kappa shape index (κ1) is 19.5. The van der Waals surface area contributed by atoms with Crippen LogP contribution in [-0.2, 0) is 0 Å². The SMILES string of the molecule is CC1(C)CC(O)C2C(C1)[NH2+]C1CCCCC1C2NCC1CCC(Cl)CC1. The second-order valence-electron chi connectivity index (χ2n) is 10.7. The number of alkyl halides is 1. The van der Waals surface area contributed by atoms with Crippen LogP contribution in [0.4, 0.5) is 0 Å². The third-order valence-electron chi connectivity index (χ3n) is 8.15. The van der Waals surface area contributed by atoms with Crippen molar-refractivity contribution < 1.29 is 10.4 Å². The van der Waals surface area contributed by atoms with Gasteiger partial charge in [0.1, 0.15) is 0 Å². The molecular weight excluding hydrogens is 344 g/mol. The van der Waals surface area contributed by atoms with E-state index < -0.39 is 0 Å². The summed E-state index contributed by atoms with van der Waals surface area (Å²) in [5.74, 6) is 1.98. The van der Waals surface area contributed by atoms with Crippen molar-refractivity contribution in [1.29, 1.82) is 0 Å². The summed E-state index contributed by atoms with van der Waals surface area (Å²) in [5.41, 5.74) is 0.280. The summed E-state index contributed by atoms with van der Waals surface area (Å²) in [4.78, 5) is 0. The van der Waals surface area contributed by atoms with Crippen molar-refractivity contribution in [3.63, 3.8) is 0 Å². The summed E-state index contributed by atoms with van der Waals surface area (Å²) in [6, 6.07) is 1.90. The molecule has 3 saturated carbocycles. The molecule has 150 valence electrons. The summed E-state index contributed by atoms with van der Waals surface area (Å²) < 4.78 is 0. The van der Waals surface area contributed by atoms with Gasteiger partial charge in [0.25, 0.3) is 0 Å². The molecule has 26 heavy (non-hydrogen) atoms. The monoisotopic (exact) mass is 383 g/mol. The zero-order chi connectivity index (χ0) is 18.3. The second-order valence-corrected chi connectivity index (χ2v) is 11.4. The number of aliphatic hydroxyl groups is 1. The molecule has 0 bridgehead atoms. The molecule has 1 heterocycles. The molecule has 0 aromatic carbocycles. The lowest BCUT2D eigenvalue weighted by Crippen LogP contribution is -3.03. The van der Waals surface area contributed by atoms with Crippen LogP contribution in [0.15, 0.2) is 0 Å². The van der Waals surface area contributed by atoms with Gasteiger partial charge in [-0.25, -0.2) is 0 Å². The number of rotatable bonds is 3. The van der Waals surface area contributed by atoms with E-state index in [-0.39, 0.29) is 11.5 Å². The van der Waals surface area contributed by atoms with E-state index in [4.69, 9.17) is 11.6 Å². The Morgan fingerprint density at radius 2 is 1.73 bits per heavy atom. The molecule has 4 aliphatic rings. The van der Waals surface area contributed by atoms with Crippen LogP contribution in [0.1, 0.15) is 78.1 Å². The van der Waals surface area contributed by atoms with E-state index in [1.165, 1.54) is 57.8 Å². The molecule has 6 unspecified atom stereocenters. The fraction of sp³-hybridized carbons (Fsp3) is 1.00. The first-order chi connectivity index (χ1) is 12.4. The van der Waals surface area contributed by atoms with Crippen molar-refractivity contribution in [2.75, 3.05) is 6.54 Å². The second kappa shape index (κ2) is 7.89. The standard InChI is InChI=1S/C22H39ClN2O/c1-22(2)11-18-20(19(26)12-22)21(16-5-3-4-6-17(16)25-18)24-13-14-7-9-15(23)10-8-14/h14-21,24-26H,3-13H2,1-2H3/p+1. The normalized spacial score (nSPS) is 48.5. The van der Waals surface area contributed by atoms with Gasteiger partial charge in [-0.1, -0.05) is 20.3 Å². The highest BCUT2D eigenvalue weighted by Crippen LogP contribution is 2.43. The lowest BCUT2D eigenvalue weighted by molar-refractivity contribution is -0.752. The zero-order valence-corrected chi connectivity index (χ0v) is 17.6. The molecule has 0 aromatic heterocycles. The van der Waals surface area contributed by atoms with Gasteiger partial charge in [-0.2, -0.15) is 0 Å². The van der Waals surface area contributed by atoms with E-state index >= 15 is 0 Å². The van der Waals surface area contributed by atoms with Crippen LogP contribution in [0.5, 0.6) is 0 Å². The summed E-state index contributed by atoms with van der Waals surface area (Å²) in [5, 5.41) is 18.2. The van der Waals surface area contributed by atoms with Gasteiger partial charge >= 0.3 is 0 Å². The highest BCUT2D eigenvalue weighted by atomic mass is 35.5. The molecule has 3 aliphatic carbocycles. The summed E-state index contributed by atoms with van der Waals surface area (Å²) >= 11 is 6.30. The van der Waals surface area contributed by atoms with Crippen molar-refractivity contribution in [2.45, 2.75) is 108 Å². The molecule has 0 radical (unpaired) electrons. The molecule has 4 rings (SSSR count). The quantitative estimate of drug-likeness (QED) is 0.656. The predicted octanol–water partition coefficient (Wildman–Crippen LogP) is 3.04. The maximum Gasteiger partial charge on any atom is 0.0935 e. The van der Waals surface area contributed by atoms with Crippen LogP contribution in [0.2, 0.25) is 0 Å². The number of piperidine rings is 1. The van der Waals surface area contributed by atoms with Gasteiger partial charge in [0, 0.05) is 23.8 Å². The van der Waals surface area contributed by atoms with E-state index in [9.17, 15) is 5.11 Å². The number of nitrogens with one attached hydrogen (secondary N) is 1. The Balaban J connectivity index is 1.47. The highest BCUT2D eigenvalue weighted by Gasteiger charge is 2.54. The Morgan fingerprint density at radius 3 is 2.50 bits per heavy atom. The van der Waals surface area contributed by atoms with Crippen molar-refractivity contribution in [3.05, 3.63) is 0 Å².